The zero-order valence-electron chi connectivity index (χ0n) is 11.0. The molecule has 0 saturated carbocycles. The van der Waals surface area contributed by atoms with Crippen molar-refractivity contribution in [1.29, 1.82) is 0 Å². The van der Waals surface area contributed by atoms with Gasteiger partial charge >= 0.3 is 0 Å². The number of carbonyl (C=O) groups excluding carboxylic acids is 2. The van der Waals surface area contributed by atoms with E-state index in [0.29, 0.717) is 6.42 Å². The number of amides is 2. The smallest absolute Gasteiger partial charge is 0.226 e. The standard InChI is InChI=1S/C11H13N5O3S/c1-6-8(20-5-12-6)3-4-9(18)14-11-10(13-7(2)17)15-19-16-11/h5H,3-4H2,1-2H3,(H,13,15,17)(H,14,16,18). The van der Waals surface area contributed by atoms with E-state index in [4.69, 9.17) is 0 Å². The summed E-state index contributed by atoms with van der Waals surface area (Å²) in [6.07, 6.45) is 0.887. The first-order chi connectivity index (χ1) is 9.56. The van der Waals surface area contributed by atoms with Crippen molar-refractivity contribution in [2.45, 2.75) is 26.7 Å². The van der Waals surface area contributed by atoms with Crippen molar-refractivity contribution in [3.63, 3.8) is 0 Å². The van der Waals surface area contributed by atoms with Crippen LogP contribution in [0.25, 0.3) is 0 Å². The van der Waals surface area contributed by atoms with E-state index in [1.807, 2.05) is 6.92 Å². The molecule has 0 radical (unpaired) electrons. The molecule has 0 unspecified atom stereocenters. The molecule has 106 valence electrons. The van der Waals surface area contributed by atoms with Crippen LogP contribution in [0.3, 0.4) is 0 Å². The Morgan fingerprint density at radius 3 is 2.60 bits per heavy atom. The number of carbonyl (C=O) groups is 2. The summed E-state index contributed by atoms with van der Waals surface area (Å²) >= 11 is 1.52. The summed E-state index contributed by atoms with van der Waals surface area (Å²) < 4.78 is 4.48. The molecule has 2 heterocycles. The molecule has 0 saturated heterocycles. The largest absolute Gasteiger partial charge is 0.305 e. The SMILES string of the molecule is CC(=O)Nc1nonc1NC(=O)CCc1scnc1C. The van der Waals surface area contributed by atoms with Gasteiger partial charge in [-0.2, -0.15) is 0 Å². The molecule has 2 amide bonds. The molecule has 20 heavy (non-hydrogen) atoms. The molecule has 2 N–H and O–H groups in total. The number of nitrogens with one attached hydrogen (secondary N) is 2. The summed E-state index contributed by atoms with van der Waals surface area (Å²) in [5, 5.41) is 12.0. The molecule has 0 atom stereocenters. The van der Waals surface area contributed by atoms with Crippen molar-refractivity contribution in [1.82, 2.24) is 15.3 Å². The first-order valence-electron chi connectivity index (χ1n) is 5.85. The molecule has 0 aliphatic heterocycles. The van der Waals surface area contributed by atoms with Crippen LogP contribution in [0.4, 0.5) is 11.6 Å². The molecule has 0 bridgehead atoms. The van der Waals surface area contributed by atoms with Crippen molar-refractivity contribution >= 4 is 34.8 Å². The fourth-order valence-corrected chi connectivity index (χ4v) is 2.29. The lowest BCUT2D eigenvalue weighted by atomic mass is 10.2. The minimum absolute atomic E-state index is 0.0971. The molecule has 0 aromatic carbocycles. The Hall–Kier alpha value is -2.29. The first kappa shape index (κ1) is 14.1. The van der Waals surface area contributed by atoms with Crippen LogP contribution in [-0.2, 0) is 16.0 Å². The second kappa shape index (κ2) is 6.24. The van der Waals surface area contributed by atoms with Gasteiger partial charge in [0.15, 0.2) is 0 Å². The van der Waals surface area contributed by atoms with Crippen LogP contribution >= 0.6 is 11.3 Å². The van der Waals surface area contributed by atoms with E-state index in [9.17, 15) is 9.59 Å². The van der Waals surface area contributed by atoms with Gasteiger partial charge in [0.1, 0.15) is 0 Å². The monoisotopic (exact) mass is 295 g/mol. The quantitative estimate of drug-likeness (QED) is 0.862. The lowest BCUT2D eigenvalue weighted by Gasteiger charge is -2.02. The fraction of sp³-hybridized carbons (Fsp3) is 0.364. The molecule has 9 heteroatoms. The summed E-state index contributed by atoms with van der Waals surface area (Å²) in [6, 6.07) is 0. The van der Waals surface area contributed by atoms with Crippen molar-refractivity contribution < 1.29 is 14.2 Å². The average molecular weight is 295 g/mol. The Morgan fingerprint density at radius 1 is 1.30 bits per heavy atom. The second-order valence-electron chi connectivity index (χ2n) is 4.05. The van der Waals surface area contributed by atoms with Gasteiger partial charge in [0.25, 0.3) is 0 Å². The molecular formula is C11H13N5O3S. The summed E-state index contributed by atoms with van der Waals surface area (Å²) in [6.45, 7) is 3.23. The van der Waals surface area contributed by atoms with E-state index >= 15 is 0 Å². The molecule has 2 aromatic rings. The number of anilines is 2. The minimum Gasteiger partial charge on any atom is -0.305 e. The maximum atomic E-state index is 11.8. The molecule has 0 spiro atoms. The molecule has 0 aliphatic rings. The van der Waals surface area contributed by atoms with Crippen LogP contribution < -0.4 is 10.6 Å². The number of nitrogens with zero attached hydrogens (tertiary/aromatic N) is 3. The zero-order chi connectivity index (χ0) is 14.5. The first-order valence-corrected chi connectivity index (χ1v) is 6.73. The van der Waals surface area contributed by atoms with Gasteiger partial charge < -0.3 is 10.6 Å². The molecule has 2 rings (SSSR count). The molecule has 0 fully saturated rings. The van der Waals surface area contributed by atoms with Gasteiger partial charge in [0.2, 0.25) is 23.5 Å². The maximum Gasteiger partial charge on any atom is 0.226 e. The highest BCUT2D eigenvalue weighted by Crippen LogP contribution is 2.17. The molecule has 0 aliphatic carbocycles. The highest BCUT2D eigenvalue weighted by Gasteiger charge is 2.14. The minimum atomic E-state index is -0.323. The van der Waals surface area contributed by atoms with E-state index in [2.05, 4.69) is 30.6 Å². The number of hydrogen-bond donors (Lipinski definition) is 2. The third-order valence-corrected chi connectivity index (χ3v) is 3.46. The Kier molecular flexibility index (Phi) is 4.41. The third-order valence-electron chi connectivity index (χ3n) is 2.46. The van der Waals surface area contributed by atoms with E-state index in [1.165, 1.54) is 18.3 Å². The van der Waals surface area contributed by atoms with Gasteiger partial charge in [-0.15, -0.1) is 11.3 Å². The summed E-state index contributed by atoms with van der Waals surface area (Å²) in [5.41, 5.74) is 2.68. The Bertz CT molecular complexity index is 621. The van der Waals surface area contributed by atoms with Gasteiger partial charge in [-0.3, -0.25) is 9.59 Å². The lowest BCUT2D eigenvalue weighted by Crippen LogP contribution is -2.15. The number of aromatic nitrogens is 3. The maximum absolute atomic E-state index is 11.8. The van der Waals surface area contributed by atoms with Gasteiger partial charge in [-0.25, -0.2) is 9.61 Å². The molecule has 2 aromatic heterocycles. The zero-order valence-corrected chi connectivity index (χ0v) is 11.8. The predicted octanol–water partition coefficient (Wildman–Crippen LogP) is 1.36. The van der Waals surface area contributed by atoms with Crippen molar-refractivity contribution in [3.8, 4) is 0 Å². The highest BCUT2D eigenvalue weighted by molar-refractivity contribution is 7.09. The number of hydrogen-bond acceptors (Lipinski definition) is 7. The van der Waals surface area contributed by atoms with Crippen molar-refractivity contribution in [3.05, 3.63) is 16.1 Å². The van der Waals surface area contributed by atoms with Crippen LogP contribution in [0.1, 0.15) is 23.9 Å². The lowest BCUT2D eigenvalue weighted by molar-refractivity contribution is -0.116. The van der Waals surface area contributed by atoms with Gasteiger partial charge in [0, 0.05) is 18.2 Å². The normalized spacial score (nSPS) is 10.3. The molecular weight excluding hydrogens is 282 g/mol. The Morgan fingerprint density at radius 2 is 2.00 bits per heavy atom. The van der Waals surface area contributed by atoms with E-state index in [0.717, 1.165) is 10.6 Å². The average Bonchev–Trinajstić information content (AvgIpc) is 2.96. The predicted molar refractivity (Wildman–Crippen MR) is 72.4 cm³/mol. The van der Waals surface area contributed by atoms with Gasteiger partial charge in [-0.05, 0) is 23.7 Å². The van der Waals surface area contributed by atoms with E-state index in [-0.39, 0.29) is 29.9 Å². The third kappa shape index (κ3) is 3.60. The van der Waals surface area contributed by atoms with E-state index < -0.39 is 0 Å². The van der Waals surface area contributed by atoms with Crippen LogP contribution in [0.2, 0.25) is 0 Å². The summed E-state index contributed by atoms with van der Waals surface area (Å²) in [4.78, 5) is 27.9. The number of thiazole rings is 1. The van der Waals surface area contributed by atoms with Crippen LogP contribution in [0.5, 0.6) is 0 Å². The van der Waals surface area contributed by atoms with Crippen molar-refractivity contribution in [2.24, 2.45) is 0 Å². The van der Waals surface area contributed by atoms with E-state index in [1.54, 1.807) is 5.51 Å². The molecule has 8 nitrogen and oxygen atoms in total. The highest BCUT2D eigenvalue weighted by atomic mass is 32.1. The summed E-state index contributed by atoms with van der Waals surface area (Å²) in [5.74, 6) is -0.359. The fourth-order valence-electron chi connectivity index (χ4n) is 1.51. The van der Waals surface area contributed by atoms with Crippen LogP contribution in [-0.4, -0.2) is 27.1 Å². The Labute approximate surface area is 118 Å². The number of rotatable bonds is 5. The topological polar surface area (TPSA) is 110 Å². The summed E-state index contributed by atoms with van der Waals surface area (Å²) in [7, 11) is 0. The van der Waals surface area contributed by atoms with Crippen LogP contribution in [0.15, 0.2) is 10.1 Å². The van der Waals surface area contributed by atoms with Crippen LogP contribution in [0, 0.1) is 6.92 Å². The van der Waals surface area contributed by atoms with Crippen molar-refractivity contribution in [2.75, 3.05) is 10.6 Å². The Balaban J connectivity index is 1.90. The second-order valence-corrected chi connectivity index (χ2v) is 4.99. The van der Waals surface area contributed by atoms with Gasteiger partial charge in [-0.1, -0.05) is 0 Å². The number of aryl methyl sites for hydroxylation is 2. The van der Waals surface area contributed by atoms with Gasteiger partial charge in [0.05, 0.1) is 11.2 Å².